The Bertz CT molecular complexity index is 828. The third-order valence-corrected chi connectivity index (χ3v) is 5.05. The first kappa shape index (κ1) is 20.1. The molecule has 0 heterocycles. The van der Waals surface area contributed by atoms with Gasteiger partial charge in [0.05, 0.1) is 4.90 Å². The average molecular weight is 377 g/mol. The molecule has 0 unspecified atom stereocenters. The van der Waals surface area contributed by atoms with Gasteiger partial charge in [0.1, 0.15) is 12.1 Å². The molecule has 0 aromatic heterocycles. The highest BCUT2D eigenvalue weighted by molar-refractivity contribution is 7.85. The van der Waals surface area contributed by atoms with Crippen LogP contribution in [0.25, 0.3) is 0 Å². The predicted molar refractivity (Wildman–Crippen MR) is 98.0 cm³/mol. The second-order valence-electron chi connectivity index (χ2n) is 6.36. The minimum atomic E-state index is -4.02. The molecule has 2 aromatic rings. The molecule has 0 radical (unpaired) electrons. The summed E-state index contributed by atoms with van der Waals surface area (Å²) in [5, 5.41) is 0. The Kier molecular flexibility index (Phi) is 6.52. The molecule has 0 amide bonds. The van der Waals surface area contributed by atoms with Gasteiger partial charge in [-0.3, -0.25) is 9.35 Å². The lowest BCUT2D eigenvalue weighted by atomic mass is 9.78. The van der Waals surface area contributed by atoms with Crippen molar-refractivity contribution in [1.29, 1.82) is 0 Å². The summed E-state index contributed by atoms with van der Waals surface area (Å²) in [6, 6.07) is 15.6. The van der Waals surface area contributed by atoms with Crippen LogP contribution in [0.1, 0.15) is 30.4 Å². The molecule has 3 rings (SSSR count). The second-order valence-corrected chi connectivity index (χ2v) is 7.78. The Morgan fingerprint density at radius 3 is 2.15 bits per heavy atom. The zero-order chi connectivity index (χ0) is 19.2. The number of aryl methyl sites for hydroxylation is 1. The van der Waals surface area contributed by atoms with Crippen molar-refractivity contribution >= 4 is 16.1 Å². The van der Waals surface area contributed by atoms with Crippen molar-refractivity contribution in [2.24, 2.45) is 5.73 Å². The number of carbonyl (C=O) groups excluding carboxylic acids is 1. The van der Waals surface area contributed by atoms with Gasteiger partial charge in [-0.05, 0) is 43.9 Å². The van der Waals surface area contributed by atoms with E-state index in [1.807, 2.05) is 37.3 Å². The van der Waals surface area contributed by atoms with E-state index in [4.69, 9.17) is 15.0 Å². The number of hydrogen-bond donors (Lipinski definition) is 2. The zero-order valence-corrected chi connectivity index (χ0v) is 15.4. The van der Waals surface area contributed by atoms with E-state index < -0.39 is 15.7 Å². The molecule has 6 nitrogen and oxygen atoms in total. The van der Waals surface area contributed by atoms with Gasteiger partial charge in [-0.15, -0.1) is 0 Å². The molecule has 1 aliphatic carbocycles. The van der Waals surface area contributed by atoms with Crippen LogP contribution in [-0.4, -0.2) is 24.5 Å². The van der Waals surface area contributed by atoms with Crippen molar-refractivity contribution in [2.75, 3.05) is 0 Å². The van der Waals surface area contributed by atoms with Crippen LogP contribution in [-0.2, 0) is 26.3 Å². The van der Waals surface area contributed by atoms with Crippen molar-refractivity contribution in [3.05, 3.63) is 65.7 Å². The molecule has 3 N–H and O–H groups in total. The topological polar surface area (TPSA) is 107 Å². The number of hydrogen-bond acceptors (Lipinski definition) is 5. The van der Waals surface area contributed by atoms with Gasteiger partial charge in [0.25, 0.3) is 10.1 Å². The van der Waals surface area contributed by atoms with Gasteiger partial charge in [-0.2, -0.15) is 8.42 Å². The summed E-state index contributed by atoms with van der Waals surface area (Å²) >= 11 is 0. The molecule has 140 valence electrons. The molecule has 1 saturated carbocycles. The number of nitrogens with two attached hydrogens (primary N) is 1. The molecule has 1 aliphatic rings. The maximum atomic E-state index is 11.6. The summed E-state index contributed by atoms with van der Waals surface area (Å²) in [6.07, 6.45) is 2.53. The molecular formula is C19H23NO5S. The average Bonchev–Trinajstić information content (AvgIpc) is 2.58. The molecule has 0 bridgehead atoms. The summed E-state index contributed by atoms with van der Waals surface area (Å²) < 4.78 is 34.7. The van der Waals surface area contributed by atoms with Gasteiger partial charge < -0.3 is 10.5 Å². The van der Waals surface area contributed by atoms with Crippen LogP contribution >= 0.6 is 0 Å². The SMILES string of the molecule is Cc1ccc(S(=O)(=O)O)cc1.NC1(C(=O)OCc2ccccc2)CCC1. The third-order valence-electron chi connectivity index (χ3n) is 4.18. The third kappa shape index (κ3) is 5.66. The Labute approximate surface area is 153 Å². The molecular weight excluding hydrogens is 354 g/mol. The summed E-state index contributed by atoms with van der Waals surface area (Å²) in [5.41, 5.74) is 7.09. The first-order valence-electron chi connectivity index (χ1n) is 8.25. The highest BCUT2D eigenvalue weighted by Crippen LogP contribution is 2.30. The minimum absolute atomic E-state index is 0.0666. The van der Waals surface area contributed by atoms with Gasteiger partial charge in [0.2, 0.25) is 0 Å². The van der Waals surface area contributed by atoms with Crippen LogP contribution in [0.3, 0.4) is 0 Å². The second kappa shape index (κ2) is 8.44. The first-order valence-corrected chi connectivity index (χ1v) is 9.69. The number of rotatable bonds is 4. The summed E-state index contributed by atoms with van der Waals surface area (Å²) in [4.78, 5) is 11.5. The van der Waals surface area contributed by atoms with E-state index in [0.29, 0.717) is 6.61 Å². The Balaban J connectivity index is 0.000000197. The van der Waals surface area contributed by atoms with Crippen LogP contribution in [0.15, 0.2) is 59.5 Å². The fourth-order valence-electron chi connectivity index (χ4n) is 2.34. The Morgan fingerprint density at radius 1 is 1.12 bits per heavy atom. The number of esters is 1. The number of carbonyl (C=O) groups is 1. The first-order chi connectivity index (χ1) is 12.2. The monoisotopic (exact) mass is 377 g/mol. The minimum Gasteiger partial charge on any atom is -0.459 e. The lowest BCUT2D eigenvalue weighted by Gasteiger charge is -2.35. The summed E-state index contributed by atoms with van der Waals surface area (Å²) in [5.74, 6) is -0.266. The lowest BCUT2D eigenvalue weighted by molar-refractivity contribution is -0.155. The molecule has 0 aliphatic heterocycles. The number of benzene rings is 2. The van der Waals surface area contributed by atoms with E-state index in [9.17, 15) is 13.2 Å². The van der Waals surface area contributed by atoms with Gasteiger partial charge >= 0.3 is 5.97 Å². The van der Waals surface area contributed by atoms with E-state index in [1.165, 1.54) is 12.1 Å². The lowest BCUT2D eigenvalue weighted by Crippen LogP contribution is -2.54. The zero-order valence-electron chi connectivity index (χ0n) is 14.6. The number of ether oxygens (including phenoxy) is 1. The van der Waals surface area contributed by atoms with Crippen molar-refractivity contribution in [3.63, 3.8) is 0 Å². The highest BCUT2D eigenvalue weighted by Gasteiger charge is 2.41. The largest absolute Gasteiger partial charge is 0.459 e. The van der Waals surface area contributed by atoms with Crippen molar-refractivity contribution in [1.82, 2.24) is 0 Å². The van der Waals surface area contributed by atoms with E-state index in [0.717, 1.165) is 30.4 Å². The van der Waals surface area contributed by atoms with Crippen molar-refractivity contribution in [3.8, 4) is 0 Å². The molecule has 0 spiro atoms. The Hall–Kier alpha value is -2.22. The van der Waals surface area contributed by atoms with Crippen LogP contribution < -0.4 is 5.73 Å². The Morgan fingerprint density at radius 2 is 1.69 bits per heavy atom. The predicted octanol–water partition coefficient (Wildman–Crippen LogP) is 2.85. The normalized spacial score (nSPS) is 15.2. The molecule has 2 aromatic carbocycles. The fraction of sp³-hybridized carbons (Fsp3) is 0.316. The quantitative estimate of drug-likeness (QED) is 0.627. The molecule has 0 saturated heterocycles. The van der Waals surface area contributed by atoms with E-state index in [1.54, 1.807) is 12.1 Å². The maximum absolute atomic E-state index is 11.6. The van der Waals surface area contributed by atoms with E-state index in [2.05, 4.69) is 0 Å². The van der Waals surface area contributed by atoms with Crippen molar-refractivity contribution < 1.29 is 22.5 Å². The summed E-state index contributed by atoms with van der Waals surface area (Å²) in [6.45, 7) is 2.16. The van der Waals surface area contributed by atoms with E-state index in [-0.39, 0.29) is 10.9 Å². The van der Waals surface area contributed by atoms with Crippen molar-refractivity contribution in [2.45, 2.75) is 43.2 Å². The fourth-order valence-corrected chi connectivity index (χ4v) is 2.82. The maximum Gasteiger partial charge on any atom is 0.326 e. The van der Waals surface area contributed by atoms with E-state index >= 15 is 0 Å². The molecule has 1 fully saturated rings. The van der Waals surface area contributed by atoms with Gasteiger partial charge in [-0.25, -0.2) is 0 Å². The van der Waals surface area contributed by atoms with Crippen LogP contribution in [0.2, 0.25) is 0 Å². The molecule has 26 heavy (non-hydrogen) atoms. The van der Waals surface area contributed by atoms with Gasteiger partial charge in [-0.1, -0.05) is 48.0 Å². The van der Waals surface area contributed by atoms with Crippen LogP contribution in [0.4, 0.5) is 0 Å². The smallest absolute Gasteiger partial charge is 0.326 e. The standard InChI is InChI=1S/C12H15NO2.C7H8O3S/c13-12(7-4-8-12)11(14)15-9-10-5-2-1-3-6-10;1-6-2-4-7(5-3-6)11(8,9)10/h1-3,5-6H,4,7-9,13H2;2-5H,1H3,(H,8,9,10). The van der Waals surface area contributed by atoms with Gasteiger partial charge in [0.15, 0.2) is 0 Å². The van der Waals surface area contributed by atoms with Crippen LogP contribution in [0.5, 0.6) is 0 Å². The van der Waals surface area contributed by atoms with Gasteiger partial charge in [0, 0.05) is 0 Å². The summed E-state index contributed by atoms with van der Waals surface area (Å²) in [7, 11) is -4.02. The highest BCUT2D eigenvalue weighted by atomic mass is 32.2. The molecule has 0 atom stereocenters. The molecule has 7 heteroatoms. The van der Waals surface area contributed by atoms with Crippen LogP contribution in [0, 0.1) is 6.92 Å².